The van der Waals surface area contributed by atoms with Gasteiger partial charge in [0.25, 0.3) is 5.56 Å². The molecular formula is C26H29N5O3S. The molecule has 182 valence electrons. The highest BCUT2D eigenvalue weighted by atomic mass is 32.1. The molecule has 0 radical (unpaired) electrons. The van der Waals surface area contributed by atoms with Crippen molar-refractivity contribution in [3.8, 4) is 5.75 Å². The highest BCUT2D eigenvalue weighted by Gasteiger charge is 2.21. The van der Waals surface area contributed by atoms with Crippen LogP contribution in [0.4, 0.5) is 0 Å². The first kappa shape index (κ1) is 23.3. The van der Waals surface area contributed by atoms with Crippen molar-refractivity contribution in [2.24, 2.45) is 0 Å². The Morgan fingerprint density at radius 1 is 1.11 bits per heavy atom. The summed E-state index contributed by atoms with van der Waals surface area (Å²) in [6.45, 7) is 3.06. The first-order chi connectivity index (χ1) is 17.0. The molecule has 0 spiro atoms. The van der Waals surface area contributed by atoms with Crippen molar-refractivity contribution >= 4 is 40.1 Å². The van der Waals surface area contributed by atoms with Gasteiger partial charge in [-0.1, -0.05) is 30.3 Å². The van der Waals surface area contributed by atoms with Crippen LogP contribution in [-0.4, -0.2) is 51.6 Å². The van der Waals surface area contributed by atoms with E-state index in [-0.39, 0.29) is 30.5 Å². The van der Waals surface area contributed by atoms with Gasteiger partial charge < -0.3 is 20.0 Å². The van der Waals surface area contributed by atoms with E-state index in [1.165, 1.54) is 10.1 Å². The van der Waals surface area contributed by atoms with Crippen LogP contribution in [0.5, 0.6) is 5.75 Å². The molecule has 8 nitrogen and oxygen atoms in total. The highest BCUT2D eigenvalue weighted by Crippen LogP contribution is 2.26. The molecule has 5 rings (SSSR count). The van der Waals surface area contributed by atoms with Crippen LogP contribution in [0.2, 0.25) is 0 Å². The molecule has 0 atom stereocenters. The van der Waals surface area contributed by atoms with Crippen molar-refractivity contribution in [3.63, 3.8) is 0 Å². The summed E-state index contributed by atoms with van der Waals surface area (Å²) in [7, 11) is 1.60. The van der Waals surface area contributed by atoms with E-state index in [9.17, 15) is 9.59 Å². The second kappa shape index (κ2) is 10.1. The maximum Gasteiger partial charge on any atom is 0.278 e. The number of ether oxygens (including phenoxy) is 1. The fourth-order valence-electron chi connectivity index (χ4n) is 4.78. The zero-order chi connectivity index (χ0) is 24.4. The number of carbonyl (C=O) groups is 1. The van der Waals surface area contributed by atoms with Gasteiger partial charge in [0.1, 0.15) is 11.3 Å². The van der Waals surface area contributed by atoms with Crippen LogP contribution in [0.3, 0.4) is 0 Å². The molecule has 0 unspecified atom stereocenters. The summed E-state index contributed by atoms with van der Waals surface area (Å²) in [5.41, 5.74) is 2.98. The molecule has 35 heavy (non-hydrogen) atoms. The maximum atomic E-state index is 13.1. The number of amides is 1. The second-order valence-corrected chi connectivity index (χ2v) is 9.41. The number of fused-ring (bicyclic) bond motifs is 3. The minimum atomic E-state index is -0.235. The Morgan fingerprint density at radius 2 is 1.89 bits per heavy atom. The number of hydrogen-bond donors (Lipinski definition) is 3. The molecule has 9 heteroatoms. The quantitative estimate of drug-likeness (QED) is 0.343. The number of benzene rings is 2. The minimum absolute atomic E-state index is 0.0608. The highest BCUT2D eigenvalue weighted by molar-refractivity contribution is 7.71. The van der Waals surface area contributed by atoms with Gasteiger partial charge in [0, 0.05) is 49.5 Å². The molecule has 3 heterocycles. The van der Waals surface area contributed by atoms with E-state index in [1.807, 2.05) is 24.3 Å². The lowest BCUT2D eigenvalue weighted by atomic mass is 10.0. The van der Waals surface area contributed by atoms with Crippen molar-refractivity contribution < 1.29 is 9.53 Å². The third-order valence-electron chi connectivity index (χ3n) is 6.71. The summed E-state index contributed by atoms with van der Waals surface area (Å²) < 4.78 is 7.05. The van der Waals surface area contributed by atoms with E-state index in [0.29, 0.717) is 21.6 Å². The maximum absolute atomic E-state index is 13.1. The Balaban J connectivity index is 1.20. The average molecular weight is 492 g/mol. The summed E-state index contributed by atoms with van der Waals surface area (Å²) in [6.07, 6.45) is 2.04. The van der Waals surface area contributed by atoms with E-state index in [0.717, 1.165) is 43.4 Å². The lowest BCUT2D eigenvalue weighted by Gasteiger charge is -2.32. The predicted molar refractivity (Wildman–Crippen MR) is 139 cm³/mol. The number of rotatable bonds is 7. The minimum Gasteiger partial charge on any atom is -0.497 e. The Morgan fingerprint density at radius 3 is 2.63 bits per heavy atom. The number of methoxy groups -OCH3 is 1. The van der Waals surface area contributed by atoms with Crippen LogP contribution in [0.1, 0.15) is 24.8 Å². The number of aromatic amines is 2. The summed E-state index contributed by atoms with van der Waals surface area (Å²) in [5.74, 6) is 0.638. The van der Waals surface area contributed by atoms with E-state index in [1.54, 1.807) is 7.11 Å². The zero-order valence-corrected chi connectivity index (χ0v) is 20.5. The van der Waals surface area contributed by atoms with E-state index >= 15 is 0 Å². The van der Waals surface area contributed by atoms with Gasteiger partial charge >= 0.3 is 0 Å². The van der Waals surface area contributed by atoms with Crippen LogP contribution in [-0.2, 0) is 17.9 Å². The molecule has 2 aromatic heterocycles. The van der Waals surface area contributed by atoms with Crippen molar-refractivity contribution in [2.75, 3.05) is 20.2 Å². The molecule has 0 saturated carbocycles. The molecule has 0 aliphatic carbocycles. The lowest BCUT2D eigenvalue weighted by molar-refractivity contribution is -0.122. The molecular weight excluding hydrogens is 462 g/mol. The van der Waals surface area contributed by atoms with Crippen LogP contribution < -0.4 is 15.6 Å². The van der Waals surface area contributed by atoms with Gasteiger partial charge in [0.2, 0.25) is 5.91 Å². The lowest BCUT2D eigenvalue weighted by Crippen LogP contribution is -2.44. The zero-order valence-electron chi connectivity index (χ0n) is 19.7. The van der Waals surface area contributed by atoms with Crippen molar-refractivity contribution in [2.45, 2.75) is 38.4 Å². The second-order valence-electron chi connectivity index (χ2n) is 9.03. The number of nitrogens with zero attached hydrogens (tertiary/aromatic N) is 2. The number of carbonyl (C=O) groups excluding carboxylic acids is 1. The Kier molecular flexibility index (Phi) is 6.70. The summed E-state index contributed by atoms with van der Waals surface area (Å²) >= 11 is 5.46. The van der Waals surface area contributed by atoms with Gasteiger partial charge in [0.15, 0.2) is 4.77 Å². The Bertz CT molecular complexity index is 1470. The van der Waals surface area contributed by atoms with Crippen LogP contribution in [0, 0.1) is 4.77 Å². The van der Waals surface area contributed by atoms with Gasteiger partial charge in [-0.05, 0) is 48.8 Å². The molecule has 1 saturated heterocycles. The number of nitrogens with one attached hydrogen (secondary N) is 3. The predicted octanol–water partition coefficient (Wildman–Crippen LogP) is 3.72. The molecule has 2 aromatic carbocycles. The first-order valence-electron chi connectivity index (χ1n) is 11.9. The first-order valence-corrected chi connectivity index (χ1v) is 12.3. The Labute approximate surface area is 207 Å². The normalized spacial score (nSPS) is 15.0. The number of piperidine rings is 1. The fraction of sp³-hybridized carbons (Fsp3) is 0.346. The van der Waals surface area contributed by atoms with E-state index in [4.69, 9.17) is 17.0 Å². The van der Waals surface area contributed by atoms with Crippen molar-refractivity contribution in [3.05, 3.63) is 69.2 Å². The molecule has 1 fully saturated rings. The van der Waals surface area contributed by atoms with Gasteiger partial charge in [0.05, 0.1) is 12.6 Å². The van der Waals surface area contributed by atoms with Gasteiger partial charge in [-0.25, -0.2) is 0 Å². The van der Waals surface area contributed by atoms with Crippen LogP contribution >= 0.6 is 12.2 Å². The van der Waals surface area contributed by atoms with Crippen LogP contribution in [0.25, 0.3) is 21.9 Å². The number of likely N-dealkylation sites (tertiary alicyclic amines) is 1. The number of aromatic nitrogens is 3. The third-order valence-corrected chi connectivity index (χ3v) is 7.03. The number of hydrogen-bond acceptors (Lipinski definition) is 5. The fourth-order valence-corrected chi connectivity index (χ4v) is 5.06. The average Bonchev–Trinajstić information content (AvgIpc) is 3.23. The monoisotopic (exact) mass is 491 g/mol. The summed E-state index contributed by atoms with van der Waals surface area (Å²) in [6, 6.07) is 16.2. The van der Waals surface area contributed by atoms with Gasteiger partial charge in [-0.3, -0.25) is 19.1 Å². The molecule has 0 bridgehead atoms. The molecule has 1 aliphatic rings. The largest absolute Gasteiger partial charge is 0.497 e. The number of H-pyrrole nitrogens is 2. The van der Waals surface area contributed by atoms with Crippen molar-refractivity contribution in [1.82, 2.24) is 24.8 Å². The standard InChI is InChI=1S/C26H29N5O3S/c1-34-19-7-8-21-20(15-19)23-24(28-21)25(33)31(26(35)29-23)14-11-22(32)27-18-9-12-30(13-10-18)16-17-5-3-2-4-6-17/h2-8,15,18,28H,9-14,16H2,1H3,(H,27,32)(H,29,35). The van der Waals surface area contributed by atoms with Crippen LogP contribution in [0.15, 0.2) is 53.3 Å². The molecule has 4 aromatic rings. The Hall–Kier alpha value is -3.43. The van der Waals surface area contributed by atoms with Gasteiger partial charge in [-0.15, -0.1) is 0 Å². The van der Waals surface area contributed by atoms with Crippen molar-refractivity contribution in [1.29, 1.82) is 0 Å². The van der Waals surface area contributed by atoms with Gasteiger partial charge in [-0.2, -0.15) is 0 Å². The molecule has 3 N–H and O–H groups in total. The van der Waals surface area contributed by atoms with E-state index in [2.05, 4.69) is 44.5 Å². The van der Waals surface area contributed by atoms with E-state index < -0.39 is 0 Å². The smallest absolute Gasteiger partial charge is 0.278 e. The SMILES string of the molecule is COc1ccc2[nH]c3c(=O)n(CCC(=O)NC4CCN(Cc5ccccc5)CC4)c(=S)[nH]c3c2c1. The molecule has 1 amide bonds. The molecule has 1 aliphatic heterocycles. The summed E-state index contributed by atoms with van der Waals surface area (Å²) in [4.78, 5) is 34.5. The third kappa shape index (κ3) is 5.01. The summed E-state index contributed by atoms with van der Waals surface area (Å²) in [5, 5.41) is 3.98. The topological polar surface area (TPSA) is 95.2 Å².